The summed E-state index contributed by atoms with van der Waals surface area (Å²) in [6.07, 6.45) is 1.70. The summed E-state index contributed by atoms with van der Waals surface area (Å²) in [5, 5.41) is 1.01. The van der Waals surface area contributed by atoms with Gasteiger partial charge in [0.1, 0.15) is 17.1 Å². The van der Waals surface area contributed by atoms with Crippen LogP contribution < -0.4 is 15.2 Å². The maximum absolute atomic E-state index is 6.43. The fourth-order valence-electron chi connectivity index (χ4n) is 2.49. The van der Waals surface area contributed by atoms with Crippen LogP contribution in [0, 0.1) is 0 Å². The van der Waals surface area contributed by atoms with E-state index >= 15 is 0 Å². The van der Waals surface area contributed by atoms with Crippen LogP contribution in [0.5, 0.6) is 11.5 Å². The highest BCUT2D eigenvalue weighted by Gasteiger charge is 2.19. The molecule has 1 heterocycles. The Morgan fingerprint density at radius 2 is 1.81 bits per heavy atom. The monoisotopic (exact) mass is 283 g/mol. The van der Waals surface area contributed by atoms with Gasteiger partial charge in [-0.1, -0.05) is 18.2 Å². The lowest BCUT2D eigenvalue weighted by atomic mass is 9.98. The summed E-state index contributed by atoms with van der Waals surface area (Å²) >= 11 is 0. The molecule has 0 aliphatic rings. The van der Waals surface area contributed by atoms with E-state index in [9.17, 15) is 0 Å². The van der Waals surface area contributed by atoms with E-state index in [-0.39, 0.29) is 6.04 Å². The summed E-state index contributed by atoms with van der Waals surface area (Å²) in [6.45, 7) is 0. The number of fused-ring (bicyclic) bond motifs is 1. The highest BCUT2D eigenvalue weighted by Crippen LogP contribution is 2.35. The topological polar surface area (TPSA) is 57.6 Å². The van der Waals surface area contributed by atoms with Crippen molar-refractivity contribution in [2.24, 2.45) is 5.73 Å². The summed E-state index contributed by atoms with van der Waals surface area (Å²) < 4.78 is 16.3. The second-order valence-electron chi connectivity index (χ2n) is 4.77. The molecule has 3 rings (SSSR count). The number of methoxy groups -OCH3 is 2. The minimum absolute atomic E-state index is 0.348. The van der Waals surface area contributed by atoms with E-state index in [2.05, 4.69) is 0 Å². The third kappa shape index (κ3) is 2.34. The SMILES string of the molecule is COc1ccc(OC)c(C(N)c2coc3ccccc23)c1. The number of furan rings is 1. The van der Waals surface area contributed by atoms with E-state index in [0.717, 1.165) is 33.6 Å². The Bertz CT molecular complexity index is 764. The van der Waals surface area contributed by atoms with Gasteiger partial charge >= 0.3 is 0 Å². The number of nitrogens with two attached hydrogens (primary N) is 1. The Morgan fingerprint density at radius 3 is 2.57 bits per heavy atom. The molecule has 0 aliphatic heterocycles. The number of para-hydroxylation sites is 1. The van der Waals surface area contributed by atoms with Gasteiger partial charge in [0, 0.05) is 16.5 Å². The number of benzene rings is 2. The minimum atomic E-state index is -0.348. The van der Waals surface area contributed by atoms with Gasteiger partial charge in [-0.2, -0.15) is 0 Å². The van der Waals surface area contributed by atoms with Crippen molar-refractivity contribution in [1.29, 1.82) is 0 Å². The van der Waals surface area contributed by atoms with Crippen LogP contribution in [0.4, 0.5) is 0 Å². The van der Waals surface area contributed by atoms with Crippen molar-refractivity contribution in [3.63, 3.8) is 0 Å². The Labute approximate surface area is 123 Å². The summed E-state index contributed by atoms with van der Waals surface area (Å²) in [7, 11) is 3.26. The first-order valence-corrected chi connectivity index (χ1v) is 6.68. The van der Waals surface area contributed by atoms with Gasteiger partial charge in [-0.15, -0.1) is 0 Å². The van der Waals surface area contributed by atoms with E-state index in [1.165, 1.54) is 0 Å². The Kier molecular flexibility index (Phi) is 3.54. The van der Waals surface area contributed by atoms with Gasteiger partial charge in [0.2, 0.25) is 0 Å². The first-order chi connectivity index (χ1) is 10.2. The first-order valence-electron chi connectivity index (χ1n) is 6.68. The maximum Gasteiger partial charge on any atom is 0.134 e. The molecule has 0 radical (unpaired) electrons. The number of hydrogen-bond acceptors (Lipinski definition) is 4. The fraction of sp³-hybridized carbons (Fsp3) is 0.176. The zero-order valence-electron chi connectivity index (χ0n) is 12.0. The molecule has 4 heteroatoms. The van der Waals surface area contributed by atoms with Crippen LogP contribution in [-0.2, 0) is 0 Å². The van der Waals surface area contributed by atoms with Crippen molar-refractivity contribution in [2.45, 2.75) is 6.04 Å². The lowest BCUT2D eigenvalue weighted by Crippen LogP contribution is -2.12. The van der Waals surface area contributed by atoms with Crippen molar-refractivity contribution in [1.82, 2.24) is 0 Å². The largest absolute Gasteiger partial charge is 0.497 e. The second kappa shape index (κ2) is 5.50. The van der Waals surface area contributed by atoms with Crippen LogP contribution >= 0.6 is 0 Å². The molecule has 4 nitrogen and oxygen atoms in total. The summed E-state index contributed by atoms with van der Waals surface area (Å²) in [6, 6.07) is 13.1. The molecule has 21 heavy (non-hydrogen) atoms. The van der Waals surface area contributed by atoms with E-state index in [4.69, 9.17) is 19.6 Å². The highest BCUT2D eigenvalue weighted by molar-refractivity contribution is 5.82. The quantitative estimate of drug-likeness (QED) is 0.796. The fourth-order valence-corrected chi connectivity index (χ4v) is 2.49. The molecule has 0 aliphatic carbocycles. The number of rotatable bonds is 4. The smallest absolute Gasteiger partial charge is 0.134 e. The molecule has 3 aromatic rings. The van der Waals surface area contributed by atoms with Gasteiger partial charge in [-0.25, -0.2) is 0 Å². The standard InChI is InChI=1S/C17H17NO3/c1-19-11-7-8-15(20-2)13(9-11)17(18)14-10-21-16-6-4-3-5-12(14)16/h3-10,17H,18H2,1-2H3. The maximum atomic E-state index is 6.43. The molecule has 0 fully saturated rings. The van der Waals surface area contributed by atoms with E-state index < -0.39 is 0 Å². The zero-order valence-corrected chi connectivity index (χ0v) is 12.0. The summed E-state index contributed by atoms with van der Waals surface area (Å²) in [5.41, 5.74) is 9.05. The molecule has 0 saturated heterocycles. The number of hydrogen-bond donors (Lipinski definition) is 1. The van der Waals surface area contributed by atoms with Gasteiger partial charge in [0.25, 0.3) is 0 Å². The van der Waals surface area contributed by atoms with Crippen molar-refractivity contribution < 1.29 is 13.9 Å². The molecule has 0 saturated carbocycles. The zero-order chi connectivity index (χ0) is 14.8. The molecule has 0 amide bonds. The van der Waals surface area contributed by atoms with Crippen LogP contribution in [0.1, 0.15) is 17.2 Å². The highest BCUT2D eigenvalue weighted by atomic mass is 16.5. The predicted molar refractivity (Wildman–Crippen MR) is 81.8 cm³/mol. The van der Waals surface area contributed by atoms with Crippen LogP contribution in [0.3, 0.4) is 0 Å². The Hall–Kier alpha value is -2.46. The molecule has 0 spiro atoms. The van der Waals surface area contributed by atoms with Crippen molar-refractivity contribution >= 4 is 11.0 Å². The molecule has 108 valence electrons. The van der Waals surface area contributed by atoms with E-state index in [0.29, 0.717) is 0 Å². The normalized spacial score (nSPS) is 12.3. The molecule has 2 aromatic carbocycles. The van der Waals surface area contributed by atoms with E-state index in [1.807, 2.05) is 42.5 Å². The van der Waals surface area contributed by atoms with E-state index in [1.54, 1.807) is 20.5 Å². The lowest BCUT2D eigenvalue weighted by molar-refractivity contribution is 0.397. The lowest BCUT2D eigenvalue weighted by Gasteiger charge is -2.16. The third-order valence-corrected chi connectivity index (χ3v) is 3.62. The van der Waals surface area contributed by atoms with Gasteiger partial charge in [0.15, 0.2) is 0 Å². The Balaban J connectivity index is 2.11. The predicted octanol–water partition coefficient (Wildman–Crippen LogP) is 3.50. The minimum Gasteiger partial charge on any atom is -0.497 e. The van der Waals surface area contributed by atoms with Crippen LogP contribution in [0.25, 0.3) is 11.0 Å². The van der Waals surface area contributed by atoms with Gasteiger partial charge < -0.3 is 19.6 Å². The van der Waals surface area contributed by atoms with Crippen LogP contribution in [0.15, 0.2) is 53.1 Å². The van der Waals surface area contributed by atoms with Crippen molar-refractivity contribution in [3.05, 3.63) is 59.9 Å². The van der Waals surface area contributed by atoms with Crippen LogP contribution in [0.2, 0.25) is 0 Å². The van der Waals surface area contributed by atoms with Crippen molar-refractivity contribution in [3.8, 4) is 11.5 Å². The van der Waals surface area contributed by atoms with Gasteiger partial charge in [0.05, 0.1) is 26.5 Å². The van der Waals surface area contributed by atoms with Crippen molar-refractivity contribution in [2.75, 3.05) is 14.2 Å². The first kappa shape index (κ1) is 13.5. The Morgan fingerprint density at radius 1 is 1.00 bits per heavy atom. The van der Waals surface area contributed by atoms with Gasteiger partial charge in [-0.3, -0.25) is 0 Å². The molecular weight excluding hydrogens is 266 g/mol. The number of ether oxygens (including phenoxy) is 2. The van der Waals surface area contributed by atoms with Crippen LogP contribution in [-0.4, -0.2) is 14.2 Å². The molecule has 2 N–H and O–H groups in total. The third-order valence-electron chi connectivity index (χ3n) is 3.62. The molecule has 1 unspecified atom stereocenters. The molecule has 0 bridgehead atoms. The molecule has 1 aromatic heterocycles. The molecular formula is C17H17NO3. The second-order valence-corrected chi connectivity index (χ2v) is 4.77. The summed E-state index contributed by atoms with van der Waals surface area (Å²) in [5.74, 6) is 1.47. The summed E-state index contributed by atoms with van der Waals surface area (Å²) in [4.78, 5) is 0. The van der Waals surface area contributed by atoms with Gasteiger partial charge in [-0.05, 0) is 24.3 Å². The average Bonchev–Trinajstić information content (AvgIpc) is 2.97. The molecule has 1 atom stereocenters. The average molecular weight is 283 g/mol.